The molecule has 2 nitrogen and oxygen atoms in total. The molecule has 1 atom stereocenters. The average molecular weight is 229 g/mol. The van der Waals surface area contributed by atoms with E-state index in [0.29, 0.717) is 10.7 Å². The van der Waals surface area contributed by atoms with Crippen molar-refractivity contribution in [3.05, 3.63) is 0 Å². The van der Waals surface area contributed by atoms with Gasteiger partial charge in [0.25, 0.3) is 0 Å². The summed E-state index contributed by atoms with van der Waals surface area (Å²) in [4.78, 5) is 0. The van der Waals surface area contributed by atoms with Crippen LogP contribution in [0.1, 0.15) is 51.4 Å². The molecule has 0 aliphatic heterocycles. The minimum Gasteiger partial charge on any atom is -0.330 e. The van der Waals surface area contributed by atoms with Gasteiger partial charge in [0.1, 0.15) is 0 Å². The molecule has 2 aliphatic rings. The SMILES string of the molecule is NCCC1(CS(=O)C2CCCCC2)CC1. The Labute approximate surface area is 95.5 Å². The lowest BCUT2D eigenvalue weighted by Crippen LogP contribution is -2.26. The Hall–Kier alpha value is 0.110. The van der Waals surface area contributed by atoms with Crippen molar-refractivity contribution in [2.75, 3.05) is 12.3 Å². The van der Waals surface area contributed by atoms with Crippen LogP contribution < -0.4 is 5.73 Å². The van der Waals surface area contributed by atoms with Gasteiger partial charge in [-0.25, -0.2) is 0 Å². The van der Waals surface area contributed by atoms with Crippen molar-refractivity contribution in [1.29, 1.82) is 0 Å². The zero-order valence-electron chi connectivity index (χ0n) is 9.54. The number of nitrogens with two attached hydrogens (primary N) is 1. The van der Waals surface area contributed by atoms with E-state index in [2.05, 4.69) is 0 Å². The third-order valence-corrected chi connectivity index (χ3v) is 6.12. The van der Waals surface area contributed by atoms with E-state index in [1.807, 2.05) is 0 Å². The van der Waals surface area contributed by atoms with E-state index in [1.54, 1.807) is 0 Å². The van der Waals surface area contributed by atoms with Gasteiger partial charge in [-0.2, -0.15) is 0 Å². The van der Waals surface area contributed by atoms with Gasteiger partial charge >= 0.3 is 0 Å². The molecule has 0 aromatic heterocycles. The summed E-state index contributed by atoms with van der Waals surface area (Å²) in [7, 11) is -0.570. The van der Waals surface area contributed by atoms with E-state index in [9.17, 15) is 4.21 Å². The third kappa shape index (κ3) is 3.04. The molecule has 88 valence electrons. The van der Waals surface area contributed by atoms with E-state index in [4.69, 9.17) is 5.73 Å². The maximum absolute atomic E-state index is 12.2. The molecule has 0 saturated heterocycles. The van der Waals surface area contributed by atoms with E-state index < -0.39 is 10.8 Å². The zero-order chi connectivity index (χ0) is 10.7. The van der Waals surface area contributed by atoms with Crippen molar-refractivity contribution in [3.8, 4) is 0 Å². The van der Waals surface area contributed by atoms with Crippen LogP contribution in [0.15, 0.2) is 0 Å². The quantitative estimate of drug-likeness (QED) is 0.785. The highest BCUT2D eigenvalue weighted by Crippen LogP contribution is 2.49. The lowest BCUT2D eigenvalue weighted by Gasteiger charge is -2.23. The van der Waals surface area contributed by atoms with Gasteiger partial charge in [0, 0.05) is 21.8 Å². The van der Waals surface area contributed by atoms with Crippen LogP contribution in [-0.2, 0) is 10.8 Å². The molecule has 0 amide bonds. The second-order valence-electron chi connectivity index (χ2n) is 5.32. The summed E-state index contributed by atoms with van der Waals surface area (Å²) in [5, 5.41) is 0.508. The van der Waals surface area contributed by atoms with Crippen LogP contribution >= 0.6 is 0 Å². The molecule has 2 fully saturated rings. The van der Waals surface area contributed by atoms with Crippen LogP contribution in [0.2, 0.25) is 0 Å². The summed E-state index contributed by atoms with van der Waals surface area (Å²) in [6, 6.07) is 0. The summed E-state index contributed by atoms with van der Waals surface area (Å²) >= 11 is 0. The Morgan fingerprint density at radius 1 is 1.20 bits per heavy atom. The fourth-order valence-electron chi connectivity index (χ4n) is 2.70. The molecule has 3 heteroatoms. The summed E-state index contributed by atoms with van der Waals surface area (Å²) in [5.41, 5.74) is 6.01. The third-order valence-electron chi connectivity index (χ3n) is 4.00. The van der Waals surface area contributed by atoms with E-state index in [-0.39, 0.29) is 0 Å². The lowest BCUT2D eigenvalue weighted by molar-refractivity contribution is 0.491. The lowest BCUT2D eigenvalue weighted by atomic mass is 10.0. The molecular formula is C12H23NOS. The number of rotatable bonds is 5. The second kappa shape index (κ2) is 4.96. The van der Waals surface area contributed by atoms with Gasteiger partial charge in [0.15, 0.2) is 0 Å². The highest BCUT2D eigenvalue weighted by molar-refractivity contribution is 7.85. The Balaban J connectivity index is 1.80. The number of hydrogen-bond donors (Lipinski definition) is 1. The molecule has 0 aromatic rings. The number of hydrogen-bond acceptors (Lipinski definition) is 2. The van der Waals surface area contributed by atoms with Crippen molar-refractivity contribution in [2.24, 2.45) is 11.1 Å². The normalized spacial score (nSPS) is 27.5. The maximum Gasteiger partial charge on any atom is 0.0348 e. The monoisotopic (exact) mass is 229 g/mol. The molecule has 0 spiro atoms. The van der Waals surface area contributed by atoms with E-state index >= 15 is 0 Å². The fourth-order valence-corrected chi connectivity index (χ4v) is 4.83. The molecule has 2 N–H and O–H groups in total. The first kappa shape index (κ1) is 11.6. The molecular weight excluding hydrogens is 206 g/mol. The predicted octanol–water partition coefficient (Wildman–Crippen LogP) is 2.20. The van der Waals surface area contributed by atoms with Crippen LogP contribution in [-0.4, -0.2) is 21.8 Å². The Morgan fingerprint density at radius 3 is 2.40 bits per heavy atom. The van der Waals surface area contributed by atoms with Crippen molar-refractivity contribution in [3.63, 3.8) is 0 Å². The summed E-state index contributed by atoms with van der Waals surface area (Å²) in [6.07, 6.45) is 9.95. The van der Waals surface area contributed by atoms with Gasteiger partial charge in [0.2, 0.25) is 0 Å². The van der Waals surface area contributed by atoms with Gasteiger partial charge < -0.3 is 5.73 Å². The van der Waals surface area contributed by atoms with Crippen LogP contribution in [0, 0.1) is 5.41 Å². The Kier molecular flexibility index (Phi) is 3.83. The van der Waals surface area contributed by atoms with E-state index in [0.717, 1.165) is 18.7 Å². The molecule has 0 bridgehead atoms. The van der Waals surface area contributed by atoms with Crippen molar-refractivity contribution in [1.82, 2.24) is 0 Å². The van der Waals surface area contributed by atoms with Crippen molar-refractivity contribution >= 4 is 10.8 Å². The first-order valence-electron chi connectivity index (χ1n) is 6.33. The van der Waals surface area contributed by atoms with Crippen LogP contribution in [0.5, 0.6) is 0 Å². The molecule has 0 aromatic carbocycles. The zero-order valence-corrected chi connectivity index (χ0v) is 10.4. The highest BCUT2D eigenvalue weighted by atomic mass is 32.2. The highest BCUT2D eigenvalue weighted by Gasteiger charge is 2.43. The van der Waals surface area contributed by atoms with Gasteiger partial charge in [-0.3, -0.25) is 4.21 Å². The Morgan fingerprint density at radius 2 is 1.87 bits per heavy atom. The van der Waals surface area contributed by atoms with Gasteiger partial charge in [-0.05, 0) is 44.1 Å². The average Bonchev–Trinajstić information content (AvgIpc) is 3.00. The van der Waals surface area contributed by atoms with E-state index in [1.165, 1.54) is 44.9 Å². The standard InChI is InChI=1S/C12H23NOS/c13-9-8-12(6-7-12)10-15(14)11-4-2-1-3-5-11/h11H,1-10,13H2. The minimum atomic E-state index is -0.570. The molecule has 2 rings (SSSR count). The van der Waals surface area contributed by atoms with Crippen molar-refractivity contribution < 1.29 is 4.21 Å². The molecule has 2 saturated carbocycles. The molecule has 15 heavy (non-hydrogen) atoms. The summed E-state index contributed by atoms with van der Waals surface area (Å²) in [6.45, 7) is 0.766. The van der Waals surface area contributed by atoms with Gasteiger partial charge in [0.05, 0.1) is 0 Å². The van der Waals surface area contributed by atoms with Crippen molar-refractivity contribution in [2.45, 2.75) is 56.6 Å². The maximum atomic E-state index is 12.2. The minimum absolute atomic E-state index is 0.400. The second-order valence-corrected chi connectivity index (χ2v) is 7.04. The molecule has 0 heterocycles. The smallest absolute Gasteiger partial charge is 0.0348 e. The van der Waals surface area contributed by atoms with Gasteiger partial charge in [-0.15, -0.1) is 0 Å². The molecule has 1 unspecified atom stereocenters. The summed E-state index contributed by atoms with van der Waals surface area (Å²) in [5.74, 6) is 0.939. The topological polar surface area (TPSA) is 43.1 Å². The molecule has 0 radical (unpaired) electrons. The van der Waals surface area contributed by atoms with Crippen LogP contribution in [0.25, 0.3) is 0 Å². The molecule has 2 aliphatic carbocycles. The first-order valence-corrected chi connectivity index (χ1v) is 7.71. The Bertz CT molecular complexity index is 232. The van der Waals surface area contributed by atoms with Crippen LogP contribution in [0.4, 0.5) is 0 Å². The fraction of sp³-hybridized carbons (Fsp3) is 1.00. The largest absolute Gasteiger partial charge is 0.330 e. The summed E-state index contributed by atoms with van der Waals surface area (Å²) < 4.78 is 12.2. The predicted molar refractivity (Wildman–Crippen MR) is 65.2 cm³/mol. The van der Waals surface area contributed by atoms with Gasteiger partial charge in [-0.1, -0.05) is 19.3 Å². The first-order chi connectivity index (χ1) is 7.26. The van der Waals surface area contributed by atoms with Crippen LogP contribution in [0.3, 0.4) is 0 Å².